The summed E-state index contributed by atoms with van der Waals surface area (Å²) < 4.78 is 0. The molecule has 1 atom stereocenters. The minimum Gasteiger partial charge on any atom is -0.391 e. The summed E-state index contributed by atoms with van der Waals surface area (Å²) in [5.41, 5.74) is 1.38. The standard InChI is InChI=1S/C13H17NO2S/c15-10-5-6-14(8-10)13(16)12-7-9-3-1-2-4-11(9)17-12/h7,10,15H,1-6,8H2. The highest BCUT2D eigenvalue weighted by molar-refractivity contribution is 7.14. The van der Waals surface area contributed by atoms with Crippen molar-refractivity contribution >= 4 is 17.2 Å². The second kappa shape index (κ2) is 4.42. The highest BCUT2D eigenvalue weighted by Gasteiger charge is 2.27. The number of β-amino-alcohol motifs (C(OH)–C–C–N with tert-alkyl or cyclic N) is 1. The Bertz CT molecular complexity index is 417. The van der Waals surface area contributed by atoms with E-state index in [0.717, 1.165) is 24.1 Å². The van der Waals surface area contributed by atoms with E-state index in [-0.39, 0.29) is 12.0 Å². The van der Waals surface area contributed by atoms with Crippen LogP contribution in [0.2, 0.25) is 0 Å². The van der Waals surface area contributed by atoms with E-state index in [1.54, 1.807) is 16.2 Å². The number of rotatable bonds is 1. The van der Waals surface area contributed by atoms with E-state index < -0.39 is 0 Å². The fraction of sp³-hybridized carbons (Fsp3) is 0.615. The molecule has 1 amide bonds. The number of amides is 1. The molecule has 3 nitrogen and oxygen atoms in total. The van der Waals surface area contributed by atoms with Crippen LogP contribution >= 0.6 is 11.3 Å². The van der Waals surface area contributed by atoms with Crippen molar-refractivity contribution in [1.82, 2.24) is 4.90 Å². The van der Waals surface area contributed by atoms with Crippen molar-refractivity contribution in [2.75, 3.05) is 13.1 Å². The van der Waals surface area contributed by atoms with E-state index in [0.29, 0.717) is 13.1 Å². The molecule has 1 unspecified atom stereocenters. The Morgan fingerprint density at radius 2 is 2.24 bits per heavy atom. The van der Waals surface area contributed by atoms with E-state index in [1.807, 2.05) is 0 Å². The number of carbonyl (C=O) groups excluding carboxylic acids is 1. The number of aliphatic hydroxyl groups excluding tert-OH is 1. The van der Waals surface area contributed by atoms with E-state index in [2.05, 4.69) is 6.07 Å². The first-order valence-corrected chi connectivity index (χ1v) is 7.14. The molecule has 2 aliphatic rings. The zero-order chi connectivity index (χ0) is 11.8. The van der Waals surface area contributed by atoms with E-state index in [4.69, 9.17) is 0 Å². The summed E-state index contributed by atoms with van der Waals surface area (Å²) in [6, 6.07) is 2.08. The third-order valence-corrected chi connectivity index (χ3v) is 4.88. The van der Waals surface area contributed by atoms with E-state index in [1.165, 1.54) is 23.3 Å². The van der Waals surface area contributed by atoms with Gasteiger partial charge in [-0.15, -0.1) is 11.3 Å². The SMILES string of the molecule is O=C(c1cc2c(s1)CCCC2)N1CCC(O)C1. The molecule has 1 fully saturated rings. The number of thiophene rings is 1. The van der Waals surface area contributed by atoms with Crippen molar-refractivity contribution in [3.05, 3.63) is 21.4 Å². The number of aliphatic hydroxyl groups is 1. The van der Waals surface area contributed by atoms with Crippen molar-refractivity contribution in [2.45, 2.75) is 38.2 Å². The van der Waals surface area contributed by atoms with Crippen molar-refractivity contribution in [1.29, 1.82) is 0 Å². The lowest BCUT2D eigenvalue weighted by molar-refractivity contribution is 0.0769. The molecule has 1 aromatic rings. The second-order valence-electron chi connectivity index (χ2n) is 4.96. The van der Waals surface area contributed by atoms with Gasteiger partial charge in [0.2, 0.25) is 0 Å². The maximum Gasteiger partial charge on any atom is 0.264 e. The number of hydrogen-bond acceptors (Lipinski definition) is 3. The van der Waals surface area contributed by atoms with Crippen molar-refractivity contribution in [3.8, 4) is 0 Å². The molecule has 92 valence electrons. The third kappa shape index (κ3) is 2.11. The van der Waals surface area contributed by atoms with Crippen LogP contribution in [0.1, 0.15) is 39.4 Å². The average Bonchev–Trinajstić information content (AvgIpc) is 2.93. The highest BCUT2D eigenvalue weighted by Crippen LogP contribution is 2.30. The van der Waals surface area contributed by atoms with Crippen LogP contribution in [0.15, 0.2) is 6.07 Å². The van der Waals surface area contributed by atoms with Gasteiger partial charge in [-0.25, -0.2) is 0 Å². The zero-order valence-corrected chi connectivity index (χ0v) is 10.6. The number of carbonyl (C=O) groups is 1. The molecule has 0 bridgehead atoms. The Morgan fingerprint density at radius 3 is 2.94 bits per heavy atom. The van der Waals surface area contributed by atoms with Gasteiger partial charge in [-0.1, -0.05) is 0 Å². The predicted molar refractivity (Wildman–Crippen MR) is 67.5 cm³/mol. The fourth-order valence-electron chi connectivity index (χ4n) is 2.68. The third-order valence-electron chi connectivity index (χ3n) is 3.66. The molecule has 0 saturated carbocycles. The summed E-state index contributed by atoms with van der Waals surface area (Å²) in [5.74, 6) is 0.112. The lowest BCUT2D eigenvalue weighted by Crippen LogP contribution is -2.28. The highest BCUT2D eigenvalue weighted by atomic mass is 32.1. The predicted octanol–water partition coefficient (Wildman–Crippen LogP) is 1.83. The van der Waals surface area contributed by atoms with Gasteiger partial charge in [0.1, 0.15) is 0 Å². The normalized spacial score (nSPS) is 23.8. The van der Waals surface area contributed by atoms with Crippen LogP contribution in [0.3, 0.4) is 0 Å². The molecule has 1 aliphatic carbocycles. The molecule has 1 aliphatic heterocycles. The molecular formula is C13H17NO2S. The van der Waals surface area contributed by atoms with Crippen LogP contribution in [-0.4, -0.2) is 35.1 Å². The summed E-state index contributed by atoms with van der Waals surface area (Å²) in [7, 11) is 0. The van der Waals surface area contributed by atoms with Gasteiger partial charge >= 0.3 is 0 Å². The van der Waals surface area contributed by atoms with Crippen molar-refractivity contribution in [3.63, 3.8) is 0 Å². The molecule has 0 spiro atoms. The Kier molecular flexibility index (Phi) is 2.92. The number of nitrogens with zero attached hydrogens (tertiary/aromatic N) is 1. The van der Waals surface area contributed by atoms with Gasteiger partial charge in [-0.2, -0.15) is 0 Å². The molecule has 0 aromatic carbocycles. The molecule has 2 heterocycles. The minimum absolute atomic E-state index is 0.112. The van der Waals surface area contributed by atoms with Gasteiger partial charge in [0.25, 0.3) is 5.91 Å². The zero-order valence-electron chi connectivity index (χ0n) is 9.82. The first-order chi connectivity index (χ1) is 8.24. The van der Waals surface area contributed by atoms with Crippen LogP contribution in [0.4, 0.5) is 0 Å². The van der Waals surface area contributed by atoms with E-state index >= 15 is 0 Å². The monoisotopic (exact) mass is 251 g/mol. The molecule has 17 heavy (non-hydrogen) atoms. The number of aryl methyl sites for hydroxylation is 2. The van der Waals surface area contributed by atoms with Gasteiger partial charge in [0.05, 0.1) is 11.0 Å². The van der Waals surface area contributed by atoms with Crippen LogP contribution < -0.4 is 0 Å². The van der Waals surface area contributed by atoms with Crippen LogP contribution in [-0.2, 0) is 12.8 Å². The van der Waals surface area contributed by atoms with Crippen LogP contribution in [0.25, 0.3) is 0 Å². The summed E-state index contributed by atoms with van der Waals surface area (Å²) in [4.78, 5) is 16.3. The molecule has 0 radical (unpaired) electrons. The quantitative estimate of drug-likeness (QED) is 0.827. The second-order valence-corrected chi connectivity index (χ2v) is 6.10. The molecule has 4 heteroatoms. The molecular weight excluding hydrogens is 234 g/mol. The topological polar surface area (TPSA) is 40.5 Å². The Balaban J connectivity index is 1.79. The first-order valence-electron chi connectivity index (χ1n) is 6.33. The summed E-state index contributed by atoms with van der Waals surface area (Å²) in [6.07, 6.45) is 5.16. The van der Waals surface area contributed by atoms with Crippen molar-refractivity contribution < 1.29 is 9.90 Å². The molecule has 1 N–H and O–H groups in total. The number of hydrogen-bond donors (Lipinski definition) is 1. The first kappa shape index (κ1) is 11.2. The van der Waals surface area contributed by atoms with Crippen LogP contribution in [0, 0.1) is 0 Å². The van der Waals surface area contributed by atoms with Gasteiger partial charge in [-0.05, 0) is 43.7 Å². The largest absolute Gasteiger partial charge is 0.391 e. The minimum atomic E-state index is -0.325. The van der Waals surface area contributed by atoms with Crippen molar-refractivity contribution in [2.24, 2.45) is 0 Å². The Labute approximate surface area is 105 Å². The number of likely N-dealkylation sites (tertiary alicyclic amines) is 1. The Hall–Kier alpha value is -0.870. The maximum atomic E-state index is 12.2. The fourth-order valence-corrected chi connectivity index (χ4v) is 3.90. The van der Waals surface area contributed by atoms with E-state index in [9.17, 15) is 9.90 Å². The van der Waals surface area contributed by atoms with Gasteiger partial charge in [0, 0.05) is 18.0 Å². The van der Waals surface area contributed by atoms with Gasteiger partial charge in [0.15, 0.2) is 0 Å². The smallest absolute Gasteiger partial charge is 0.264 e. The number of fused-ring (bicyclic) bond motifs is 1. The van der Waals surface area contributed by atoms with Gasteiger partial charge in [-0.3, -0.25) is 4.79 Å². The summed E-state index contributed by atoms with van der Waals surface area (Å²) in [6.45, 7) is 1.20. The lowest BCUT2D eigenvalue weighted by atomic mass is 9.99. The summed E-state index contributed by atoms with van der Waals surface area (Å²) in [5, 5.41) is 9.47. The summed E-state index contributed by atoms with van der Waals surface area (Å²) >= 11 is 1.66. The molecule has 1 aromatic heterocycles. The molecule has 3 rings (SSSR count). The lowest BCUT2D eigenvalue weighted by Gasteiger charge is -2.13. The molecule has 1 saturated heterocycles. The maximum absolute atomic E-state index is 12.2. The Morgan fingerprint density at radius 1 is 1.41 bits per heavy atom. The van der Waals surface area contributed by atoms with Crippen LogP contribution in [0.5, 0.6) is 0 Å². The van der Waals surface area contributed by atoms with Gasteiger partial charge < -0.3 is 10.0 Å². The average molecular weight is 251 g/mol.